The molecule has 130 valence electrons. The van der Waals surface area contributed by atoms with Crippen LogP contribution in [-0.4, -0.2) is 36.5 Å². The van der Waals surface area contributed by atoms with Gasteiger partial charge in [-0.05, 0) is 37.5 Å². The molecule has 2 rings (SSSR count). The van der Waals surface area contributed by atoms with Crippen molar-refractivity contribution in [3.63, 3.8) is 0 Å². The second-order valence-electron chi connectivity index (χ2n) is 5.53. The molecule has 0 saturated carbocycles. The minimum absolute atomic E-state index is 0.162. The lowest BCUT2D eigenvalue weighted by molar-refractivity contribution is 0.469. The summed E-state index contributed by atoms with van der Waals surface area (Å²) < 4.78 is 14.6. The first kappa shape index (κ1) is 18.9. The summed E-state index contributed by atoms with van der Waals surface area (Å²) in [5.41, 5.74) is 1.78. The highest BCUT2D eigenvalue weighted by molar-refractivity contribution is 9.10. The fourth-order valence-corrected chi connectivity index (χ4v) is 3.32. The summed E-state index contributed by atoms with van der Waals surface area (Å²) in [4.78, 5) is 10.8. The maximum atomic E-state index is 13.8. The van der Waals surface area contributed by atoms with E-state index in [1.165, 1.54) is 6.07 Å². The predicted octanol–water partition coefficient (Wildman–Crippen LogP) is 3.99. The van der Waals surface area contributed by atoms with Crippen molar-refractivity contribution in [3.8, 4) is 0 Å². The van der Waals surface area contributed by atoms with Crippen LogP contribution < -0.4 is 5.32 Å². The van der Waals surface area contributed by atoms with Gasteiger partial charge >= 0.3 is 0 Å². The Kier molecular flexibility index (Phi) is 7.17. The van der Waals surface area contributed by atoms with E-state index in [-0.39, 0.29) is 5.82 Å². The molecule has 0 spiro atoms. The molecule has 7 heteroatoms. The molecule has 0 unspecified atom stereocenters. The number of aromatic nitrogens is 1. The Bertz CT molecular complexity index is 702. The van der Waals surface area contributed by atoms with Crippen molar-refractivity contribution < 1.29 is 4.39 Å². The molecule has 1 heterocycles. The van der Waals surface area contributed by atoms with E-state index < -0.39 is 0 Å². The lowest BCUT2D eigenvalue weighted by atomic mass is 10.1. The molecule has 0 aliphatic carbocycles. The normalized spacial score (nSPS) is 11.6. The van der Waals surface area contributed by atoms with Crippen LogP contribution in [0.5, 0.6) is 0 Å². The van der Waals surface area contributed by atoms with Crippen LogP contribution in [0.25, 0.3) is 0 Å². The SMILES string of the molecule is CN=C(NCCCc1ccc(Br)cc1F)N(C)Cc1csc(C)n1. The zero-order valence-corrected chi connectivity index (χ0v) is 16.5. The Morgan fingerprint density at radius 1 is 1.46 bits per heavy atom. The number of aliphatic imine (C=N–C) groups is 1. The van der Waals surface area contributed by atoms with E-state index in [2.05, 4.69) is 36.6 Å². The van der Waals surface area contributed by atoms with Crippen molar-refractivity contribution in [2.24, 2.45) is 4.99 Å². The van der Waals surface area contributed by atoms with Gasteiger partial charge in [-0.1, -0.05) is 22.0 Å². The van der Waals surface area contributed by atoms with Gasteiger partial charge in [0.25, 0.3) is 0 Å². The van der Waals surface area contributed by atoms with Crippen LogP contribution >= 0.6 is 27.3 Å². The molecular formula is C17H22BrFN4S. The monoisotopic (exact) mass is 412 g/mol. The van der Waals surface area contributed by atoms with Crippen molar-refractivity contribution >= 4 is 33.2 Å². The summed E-state index contributed by atoms with van der Waals surface area (Å²) in [5, 5.41) is 6.45. The zero-order valence-electron chi connectivity index (χ0n) is 14.1. The van der Waals surface area contributed by atoms with E-state index >= 15 is 0 Å². The molecule has 0 atom stereocenters. The van der Waals surface area contributed by atoms with Crippen LogP contribution in [-0.2, 0) is 13.0 Å². The minimum Gasteiger partial charge on any atom is -0.356 e. The van der Waals surface area contributed by atoms with Gasteiger partial charge in [0.15, 0.2) is 5.96 Å². The van der Waals surface area contributed by atoms with Gasteiger partial charge in [-0.25, -0.2) is 9.37 Å². The minimum atomic E-state index is -0.162. The number of nitrogens with one attached hydrogen (secondary N) is 1. The third-order valence-corrected chi connectivity index (χ3v) is 4.88. The van der Waals surface area contributed by atoms with E-state index in [9.17, 15) is 4.39 Å². The number of hydrogen-bond acceptors (Lipinski definition) is 3. The Balaban J connectivity index is 1.78. The molecule has 2 aromatic rings. The van der Waals surface area contributed by atoms with Crippen molar-refractivity contribution in [2.45, 2.75) is 26.3 Å². The van der Waals surface area contributed by atoms with Crippen LogP contribution in [0.2, 0.25) is 0 Å². The maximum absolute atomic E-state index is 13.8. The molecule has 0 radical (unpaired) electrons. The van der Waals surface area contributed by atoms with Gasteiger partial charge in [0, 0.05) is 30.5 Å². The lowest BCUT2D eigenvalue weighted by Gasteiger charge is -2.21. The highest BCUT2D eigenvalue weighted by Gasteiger charge is 2.08. The standard InChI is InChI=1S/C17H22BrFN4S/c1-12-22-15(11-24-12)10-23(3)17(20-2)21-8-4-5-13-6-7-14(18)9-16(13)19/h6-7,9,11H,4-5,8,10H2,1-3H3,(H,20,21). The molecule has 1 aromatic carbocycles. The number of rotatable bonds is 6. The number of halogens is 2. The molecule has 0 aliphatic rings. The number of hydrogen-bond donors (Lipinski definition) is 1. The summed E-state index contributed by atoms with van der Waals surface area (Å²) >= 11 is 4.92. The molecule has 4 nitrogen and oxygen atoms in total. The molecule has 1 aromatic heterocycles. The van der Waals surface area contributed by atoms with Crippen molar-refractivity contribution in [1.82, 2.24) is 15.2 Å². The van der Waals surface area contributed by atoms with Crippen molar-refractivity contribution in [3.05, 3.63) is 50.1 Å². The summed E-state index contributed by atoms with van der Waals surface area (Å²) in [7, 11) is 3.75. The van der Waals surface area contributed by atoms with E-state index in [0.29, 0.717) is 13.0 Å². The van der Waals surface area contributed by atoms with Gasteiger partial charge in [-0.2, -0.15) is 0 Å². The summed E-state index contributed by atoms with van der Waals surface area (Å²) in [5.74, 6) is 0.654. The van der Waals surface area contributed by atoms with Gasteiger partial charge < -0.3 is 10.2 Å². The van der Waals surface area contributed by atoms with E-state index in [1.54, 1.807) is 18.4 Å². The topological polar surface area (TPSA) is 40.5 Å². The number of thiazole rings is 1. The Morgan fingerprint density at radius 3 is 2.88 bits per heavy atom. The Hall–Kier alpha value is -1.47. The third-order valence-electron chi connectivity index (χ3n) is 3.56. The van der Waals surface area contributed by atoms with Crippen LogP contribution in [0.4, 0.5) is 4.39 Å². The van der Waals surface area contributed by atoms with Crippen LogP contribution in [0.15, 0.2) is 33.0 Å². The fourth-order valence-electron chi connectivity index (χ4n) is 2.39. The first-order valence-corrected chi connectivity index (χ1v) is 9.43. The molecule has 1 N–H and O–H groups in total. The summed E-state index contributed by atoms with van der Waals surface area (Å²) in [6.07, 6.45) is 1.53. The molecule has 0 fully saturated rings. The highest BCUT2D eigenvalue weighted by Crippen LogP contribution is 2.16. The average molecular weight is 413 g/mol. The van der Waals surface area contributed by atoms with Crippen molar-refractivity contribution in [1.29, 1.82) is 0 Å². The van der Waals surface area contributed by atoms with E-state index in [0.717, 1.165) is 39.7 Å². The third kappa shape index (κ3) is 5.56. The first-order chi connectivity index (χ1) is 11.5. The second kappa shape index (κ2) is 9.13. The average Bonchev–Trinajstić information content (AvgIpc) is 2.94. The maximum Gasteiger partial charge on any atom is 0.193 e. The van der Waals surface area contributed by atoms with Gasteiger partial charge in [0.2, 0.25) is 0 Å². The zero-order chi connectivity index (χ0) is 17.5. The van der Waals surface area contributed by atoms with Crippen LogP contribution in [0.1, 0.15) is 22.7 Å². The van der Waals surface area contributed by atoms with Gasteiger partial charge in [-0.15, -0.1) is 11.3 Å². The first-order valence-electron chi connectivity index (χ1n) is 7.76. The molecule has 0 amide bonds. The molecule has 24 heavy (non-hydrogen) atoms. The highest BCUT2D eigenvalue weighted by atomic mass is 79.9. The van der Waals surface area contributed by atoms with Crippen LogP contribution in [0.3, 0.4) is 0 Å². The quantitative estimate of drug-likeness (QED) is 0.442. The van der Waals surface area contributed by atoms with Crippen LogP contribution in [0, 0.1) is 12.7 Å². The fraction of sp³-hybridized carbons (Fsp3) is 0.412. The second-order valence-corrected chi connectivity index (χ2v) is 7.51. The molecule has 0 aliphatic heterocycles. The summed E-state index contributed by atoms with van der Waals surface area (Å²) in [6, 6.07) is 5.20. The summed E-state index contributed by atoms with van der Waals surface area (Å²) in [6.45, 7) is 3.45. The van der Waals surface area contributed by atoms with Crippen molar-refractivity contribution in [2.75, 3.05) is 20.6 Å². The molecule has 0 bridgehead atoms. The van der Waals surface area contributed by atoms with E-state index in [1.807, 2.05) is 31.0 Å². The number of aryl methyl sites for hydroxylation is 2. The number of guanidine groups is 1. The predicted molar refractivity (Wildman–Crippen MR) is 102 cm³/mol. The molecular weight excluding hydrogens is 391 g/mol. The lowest BCUT2D eigenvalue weighted by Crippen LogP contribution is -2.39. The van der Waals surface area contributed by atoms with Gasteiger partial charge in [-0.3, -0.25) is 4.99 Å². The smallest absolute Gasteiger partial charge is 0.193 e. The van der Waals surface area contributed by atoms with Gasteiger partial charge in [0.1, 0.15) is 5.82 Å². The molecule has 0 saturated heterocycles. The largest absolute Gasteiger partial charge is 0.356 e. The Labute approximate surface area is 155 Å². The Morgan fingerprint density at radius 2 is 2.25 bits per heavy atom. The van der Waals surface area contributed by atoms with Gasteiger partial charge in [0.05, 0.1) is 17.2 Å². The number of nitrogens with zero attached hydrogens (tertiary/aromatic N) is 3. The number of benzene rings is 1. The van der Waals surface area contributed by atoms with E-state index in [4.69, 9.17) is 0 Å².